The number of rotatable bonds is 5. The molecule has 1 aliphatic carbocycles. The molecule has 0 saturated heterocycles. The lowest BCUT2D eigenvalue weighted by Gasteiger charge is -2.04. The molecule has 1 fully saturated rings. The van der Waals surface area contributed by atoms with Gasteiger partial charge in [-0.25, -0.2) is 4.79 Å². The van der Waals surface area contributed by atoms with Gasteiger partial charge in [-0.2, -0.15) is 0 Å². The number of ether oxygens (including phenoxy) is 1. The monoisotopic (exact) mass is 171 g/mol. The first kappa shape index (κ1) is 9.36. The summed E-state index contributed by atoms with van der Waals surface area (Å²) in [5.41, 5.74) is 0. The Morgan fingerprint density at radius 3 is 2.83 bits per heavy atom. The van der Waals surface area contributed by atoms with E-state index in [9.17, 15) is 4.79 Å². The molecule has 0 heterocycles. The van der Waals surface area contributed by atoms with Gasteiger partial charge < -0.3 is 10.1 Å². The van der Waals surface area contributed by atoms with E-state index in [2.05, 4.69) is 12.2 Å². The van der Waals surface area contributed by atoms with Crippen LogP contribution in [-0.4, -0.2) is 18.7 Å². The first-order valence-electron chi connectivity index (χ1n) is 4.76. The third kappa shape index (κ3) is 4.21. The van der Waals surface area contributed by atoms with E-state index in [1.807, 2.05) is 0 Å². The van der Waals surface area contributed by atoms with Crippen LogP contribution in [0.5, 0.6) is 0 Å². The highest BCUT2D eigenvalue weighted by molar-refractivity contribution is 5.67. The summed E-state index contributed by atoms with van der Waals surface area (Å²) in [5, 5.41) is 2.77. The highest BCUT2D eigenvalue weighted by Gasteiger charge is 2.23. The summed E-state index contributed by atoms with van der Waals surface area (Å²) in [6, 6.07) is 0.406. The van der Waals surface area contributed by atoms with Crippen molar-refractivity contribution in [2.24, 2.45) is 0 Å². The quantitative estimate of drug-likeness (QED) is 0.643. The van der Waals surface area contributed by atoms with Gasteiger partial charge in [0, 0.05) is 6.04 Å². The second kappa shape index (κ2) is 5.01. The van der Waals surface area contributed by atoms with E-state index in [0.29, 0.717) is 12.6 Å². The molecule has 1 N–H and O–H groups in total. The molecule has 0 unspecified atom stereocenters. The molecule has 0 aromatic heterocycles. The minimum atomic E-state index is -0.242. The van der Waals surface area contributed by atoms with Crippen molar-refractivity contribution in [2.75, 3.05) is 6.61 Å². The van der Waals surface area contributed by atoms with Crippen LogP contribution in [0.25, 0.3) is 0 Å². The van der Waals surface area contributed by atoms with E-state index in [4.69, 9.17) is 4.74 Å². The van der Waals surface area contributed by atoms with E-state index >= 15 is 0 Å². The molecule has 3 heteroatoms. The van der Waals surface area contributed by atoms with Crippen LogP contribution in [0.15, 0.2) is 0 Å². The molecule has 0 aliphatic heterocycles. The van der Waals surface area contributed by atoms with Gasteiger partial charge in [0.15, 0.2) is 0 Å². The van der Waals surface area contributed by atoms with Crippen LogP contribution < -0.4 is 5.32 Å². The SMILES string of the molecule is CCCCCOC(=O)NC1CC1. The molecule has 0 aromatic carbocycles. The van der Waals surface area contributed by atoms with Crippen LogP contribution in [0.4, 0.5) is 4.79 Å². The molecule has 3 nitrogen and oxygen atoms in total. The summed E-state index contributed by atoms with van der Waals surface area (Å²) in [4.78, 5) is 10.9. The molecule has 1 aliphatic rings. The third-order valence-electron chi connectivity index (χ3n) is 1.88. The summed E-state index contributed by atoms with van der Waals surface area (Å²) >= 11 is 0. The lowest BCUT2D eigenvalue weighted by Crippen LogP contribution is -2.26. The third-order valence-corrected chi connectivity index (χ3v) is 1.88. The highest BCUT2D eigenvalue weighted by atomic mass is 16.5. The Labute approximate surface area is 73.5 Å². The van der Waals surface area contributed by atoms with Crippen molar-refractivity contribution in [3.05, 3.63) is 0 Å². The zero-order valence-corrected chi connectivity index (χ0v) is 7.64. The summed E-state index contributed by atoms with van der Waals surface area (Å²) in [7, 11) is 0. The number of alkyl carbamates (subject to hydrolysis) is 1. The van der Waals surface area contributed by atoms with Gasteiger partial charge >= 0.3 is 6.09 Å². The van der Waals surface area contributed by atoms with Gasteiger partial charge in [-0.1, -0.05) is 19.8 Å². The zero-order valence-electron chi connectivity index (χ0n) is 7.64. The Bertz CT molecular complexity index is 143. The van der Waals surface area contributed by atoms with E-state index < -0.39 is 0 Å². The maximum atomic E-state index is 10.9. The number of carbonyl (C=O) groups excluding carboxylic acids is 1. The van der Waals surface area contributed by atoms with E-state index in [1.54, 1.807) is 0 Å². The number of nitrogens with one attached hydrogen (secondary N) is 1. The van der Waals surface area contributed by atoms with Gasteiger partial charge in [0.05, 0.1) is 6.61 Å². The predicted octanol–water partition coefficient (Wildman–Crippen LogP) is 2.07. The van der Waals surface area contributed by atoms with Crippen molar-refractivity contribution < 1.29 is 9.53 Å². The Morgan fingerprint density at radius 1 is 1.50 bits per heavy atom. The van der Waals surface area contributed by atoms with Crippen LogP contribution in [-0.2, 0) is 4.74 Å². The molecule has 1 amide bonds. The van der Waals surface area contributed by atoms with Crippen LogP contribution in [0.2, 0.25) is 0 Å². The molecule has 0 aromatic rings. The second-order valence-corrected chi connectivity index (χ2v) is 3.26. The summed E-state index contributed by atoms with van der Waals surface area (Å²) < 4.78 is 4.94. The van der Waals surface area contributed by atoms with Crippen LogP contribution in [0.3, 0.4) is 0 Å². The molecule has 0 spiro atoms. The van der Waals surface area contributed by atoms with Crippen molar-refractivity contribution in [3.8, 4) is 0 Å². The Kier molecular flexibility index (Phi) is 3.91. The van der Waals surface area contributed by atoms with Crippen LogP contribution in [0, 0.1) is 0 Å². The van der Waals surface area contributed by atoms with Crippen molar-refractivity contribution >= 4 is 6.09 Å². The van der Waals surface area contributed by atoms with Crippen molar-refractivity contribution in [3.63, 3.8) is 0 Å². The maximum absolute atomic E-state index is 10.9. The molecular weight excluding hydrogens is 154 g/mol. The number of hydrogen-bond acceptors (Lipinski definition) is 2. The maximum Gasteiger partial charge on any atom is 0.407 e. The summed E-state index contributed by atoms with van der Waals surface area (Å²) in [6.07, 6.45) is 5.26. The highest BCUT2D eigenvalue weighted by Crippen LogP contribution is 2.18. The predicted molar refractivity (Wildman–Crippen MR) is 47.0 cm³/mol. The molecule has 0 radical (unpaired) electrons. The van der Waals surface area contributed by atoms with Gasteiger partial charge in [0.25, 0.3) is 0 Å². The summed E-state index contributed by atoms with van der Waals surface area (Å²) in [6.45, 7) is 2.69. The van der Waals surface area contributed by atoms with Crippen molar-refractivity contribution in [1.82, 2.24) is 5.32 Å². The van der Waals surface area contributed by atoms with Gasteiger partial charge in [0.2, 0.25) is 0 Å². The average molecular weight is 171 g/mol. The molecule has 0 bridgehead atoms. The smallest absolute Gasteiger partial charge is 0.407 e. The molecular formula is C9H17NO2. The topological polar surface area (TPSA) is 38.3 Å². The van der Waals surface area contributed by atoms with E-state index in [-0.39, 0.29) is 6.09 Å². The lowest BCUT2D eigenvalue weighted by molar-refractivity contribution is 0.143. The zero-order chi connectivity index (χ0) is 8.81. The van der Waals surface area contributed by atoms with E-state index in [0.717, 1.165) is 32.1 Å². The van der Waals surface area contributed by atoms with E-state index in [1.165, 1.54) is 0 Å². The molecule has 70 valence electrons. The number of hydrogen-bond donors (Lipinski definition) is 1. The fourth-order valence-electron chi connectivity index (χ4n) is 0.953. The van der Waals surface area contributed by atoms with Gasteiger partial charge in [-0.3, -0.25) is 0 Å². The minimum Gasteiger partial charge on any atom is -0.450 e. The van der Waals surface area contributed by atoms with Crippen molar-refractivity contribution in [1.29, 1.82) is 0 Å². The molecule has 0 atom stereocenters. The van der Waals surface area contributed by atoms with Crippen molar-refractivity contribution in [2.45, 2.75) is 45.1 Å². The fourth-order valence-corrected chi connectivity index (χ4v) is 0.953. The fraction of sp³-hybridized carbons (Fsp3) is 0.889. The summed E-state index contributed by atoms with van der Waals surface area (Å²) in [5.74, 6) is 0. The standard InChI is InChI=1S/C9H17NO2/c1-2-3-4-7-12-9(11)10-8-5-6-8/h8H,2-7H2,1H3,(H,10,11). The Morgan fingerprint density at radius 2 is 2.25 bits per heavy atom. The van der Waals surface area contributed by atoms with Crippen LogP contribution in [0.1, 0.15) is 39.0 Å². The Hall–Kier alpha value is -0.730. The largest absolute Gasteiger partial charge is 0.450 e. The normalized spacial score (nSPS) is 15.8. The minimum absolute atomic E-state index is 0.242. The molecule has 1 rings (SSSR count). The van der Waals surface area contributed by atoms with Crippen LogP contribution >= 0.6 is 0 Å². The number of amides is 1. The number of unbranched alkanes of at least 4 members (excludes halogenated alkanes) is 2. The lowest BCUT2D eigenvalue weighted by atomic mass is 10.3. The number of carbonyl (C=O) groups is 1. The van der Waals surface area contributed by atoms with Gasteiger partial charge in [-0.15, -0.1) is 0 Å². The molecule has 1 saturated carbocycles. The first-order valence-corrected chi connectivity index (χ1v) is 4.76. The van der Waals surface area contributed by atoms with Gasteiger partial charge in [0.1, 0.15) is 0 Å². The van der Waals surface area contributed by atoms with Gasteiger partial charge in [-0.05, 0) is 19.3 Å². The average Bonchev–Trinajstić information content (AvgIpc) is 2.82. The Balaban J connectivity index is 1.87. The second-order valence-electron chi connectivity index (χ2n) is 3.26. The first-order chi connectivity index (χ1) is 5.83. The molecule has 12 heavy (non-hydrogen) atoms.